The Morgan fingerprint density at radius 3 is 1.80 bits per heavy atom. The molecule has 0 bridgehead atoms. The van der Waals surface area contributed by atoms with Crippen molar-refractivity contribution in [3.05, 3.63) is 35.9 Å². The topological polar surface area (TPSA) is 146 Å². The first-order chi connectivity index (χ1) is 16.8. The third-order valence-electron chi connectivity index (χ3n) is 4.59. The van der Waals surface area contributed by atoms with E-state index in [1.807, 2.05) is 6.07 Å². The molecule has 0 aliphatic heterocycles. The van der Waals surface area contributed by atoms with Gasteiger partial charge in [0.2, 0.25) is 5.91 Å². The minimum atomic E-state index is -1.21. The van der Waals surface area contributed by atoms with Crippen molar-refractivity contribution in [2.24, 2.45) is 0 Å². The molecule has 1 aromatic carbocycles. The number of nitrogens with one attached hydrogen (secondary N) is 2. The van der Waals surface area contributed by atoms with Crippen LogP contribution in [0.4, 0.5) is 4.79 Å². The summed E-state index contributed by atoms with van der Waals surface area (Å²) >= 11 is 0. The van der Waals surface area contributed by atoms with Crippen molar-refractivity contribution in [1.29, 1.82) is 0 Å². The molecule has 0 saturated carbocycles. The third kappa shape index (κ3) is 12.4. The summed E-state index contributed by atoms with van der Waals surface area (Å²) in [6, 6.07) is 6.58. The van der Waals surface area contributed by atoms with Gasteiger partial charge in [-0.25, -0.2) is 9.59 Å². The van der Waals surface area contributed by atoms with Crippen LogP contribution in [0.1, 0.15) is 52.0 Å². The minimum absolute atomic E-state index is 0.0239. The van der Waals surface area contributed by atoms with E-state index in [1.54, 1.807) is 45.0 Å². The molecule has 0 aliphatic rings. The van der Waals surface area contributed by atoms with Crippen molar-refractivity contribution in [2.45, 2.75) is 65.1 Å². The van der Waals surface area contributed by atoms with Crippen LogP contribution in [0.2, 0.25) is 0 Å². The van der Waals surface area contributed by atoms with Crippen molar-refractivity contribution >= 4 is 29.9 Å². The largest absolute Gasteiger partial charge is 0.466 e. The maximum Gasteiger partial charge on any atom is 0.408 e. The molecule has 2 amide bonds. The average Bonchev–Trinajstić information content (AvgIpc) is 2.84. The molecule has 2 atom stereocenters. The van der Waals surface area contributed by atoms with Crippen molar-refractivity contribution in [3.8, 4) is 0 Å². The fourth-order valence-electron chi connectivity index (χ4n) is 2.93. The highest BCUT2D eigenvalue weighted by Gasteiger charge is 2.29. The number of alkyl carbamates (subject to hydrolysis) is 1. The maximum absolute atomic E-state index is 13.0. The van der Waals surface area contributed by atoms with E-state index in [9.17, 15) is 24.0 Å². The molecular formula is C24H34N2O9. The fraction of sp³-hybridized carbons (Fsp3) is 0.542. The van der Waals surface area contributed by atoms with Gasteiger partial charge in [-0.1, -0.05) is 30.3 Å². The number of hydrogen-bond acceptors (Lipinski definition) is 9. The maximum atomic E-state index is 13.0. The zero-order valence-electron chi connectivity index (χ0n) is 20.4. The van der Waals surface area contributed by atoms with E-state index in [0.29, 0.717) is 0 Å². The van der Waals surface area contributed by atoms with Gasteiger partial charge < -0.3 is 29.6 Å². The van der Waals surface area contributed by atoms with Gasteiger partial charge in [-0.2, -0.15) is 0 Å². The van der Waals surface area contributed by atoms with Crippen molar-refractivity contribution < 1.29 is 42.9 Å². The zero-order chi connectivity index (χ0) is 26.1. The molecule has 11 nitrogen and oxygen atoms in total. The van der Waals surface area contributed by atoms with Crippen LogP contribution in [0, 0.1) is 0 Å². The highest BCUT2D eigenvalue weighted by molar-refractivity contribution is 5.90. The summed E-state index contributed by atoms with van der Waals surface area (Å²) in [4.78, 5) is 61.1. The lowest BCUT2D eigenvalue weighted by Crippen LogP contribution is -2.52. The average molecular weight is 495 g/mol. The smallest absolute Gasteiger partial charge is 0.408 e. The second kappa shape index (κ2) is 16.9. The number of amides is 2. The van der Waals surface area contributed by atoms with E-state index < -0.39 is 42.0 Å². The van der Waals surface area contributed by atoms with E-state index in [1.165, 1.54) is 0 Å². The van der Waals surface area contributed by atoms with Gasteiger partial charge in [-0.3, -0.25) is 14.4 Å². The normalized spacial score (nSPS) is 12.0. The first-order valence-corrected chi connectivity index (χ1v) is 11.6. The number of carbonyl (C=O) groups is 5. The van der Waals surface area contributed by atoms with Gasteiger partial charge in [0.25, 0.3) is 0 Å². The molecule has 1 rings (SSSR count). The Bertz CT molecular complexity index is 830. The van der Waals surface area contributed by atoms with Crippen LogP contribution in [0.3, 0.4) is 0 Å². The van der Waals surface area contributed by atoms with Gasteiger partial charge in [0.15, 0.2) is 0 Å². The number of esters is 3. The SMILES string of the molecule is CCOC(=O)CC[C@H](NC(=O)OCc1ccccc1)C(=O)N[C@@H](CCC(=O)OCC)C(=O)OCC. The number of ether oxygens (including phenoxy) is 4. The number of carbonyl (C=O) groups excluding carboxylic acids is 5. The van der Waals surface area contributed by atoms with E-state index >= 15 is 0 Å². The first kappa shape index (κ1) is 29.4. The van der Waals surface area contributed by atoms with Crippen molar-refractivity contribution in [2.75, 3.05) is 19.8 Å². The predicted molar refractivity (Wildman–Crippen MR) is 124 cm³/mol. The molecule has 0 radical (unpaired) electrons. The zero-order valence-corrected chi connectivity index (χ0v) is 20.4. The second-order valence-electron chi connectivity index (χ2n) is 7.26. The molecule has 0 heterocycles. The molecule has 194 valence electrons. The highest BCUT2D eigenvalue weighted by atomic mass is 16.6. The summed E-state index contributed by atoms with van der Waals surface area (Å²) in [7, 11) is 0. The van der Waals surface area contributed by atoms with Crippen LogP contribution in [-0.2, 0) is 44.7 Å². The Hall–Kier alpha value is -3.63. The molecule has 0 aromatic heterocycles. The Balaban J connectivity index is 2.86. The minimum Gasteiger partial charge on any atom is -0.466 e. The lowest BCUT2D eigenvalue weighted by Gasteiger charge is -2.22. The van der Waals surface area contributed by atoms with E-state index in [0.717, 1.165) is 5.56 Å². The van der Waals surface area contributed by atoms with Gasteiger partial charge in [0, 0.05) is 12.8 Å². The quantitative estimate of drug-likeness (QED) is 0.276. The van der Waals surface area contributed by atoms with Crippen LogP contribution in [-0.4, -0.2) is 61.8 Å². The number of hydrogen-bond donors (Lipinski definition) is 2. The predicted octanol–water partition coefficient (Wildman–Crippen LogP) is 2.02. The summed E-state index contributed by atoms with van der Waals surface area (Å²) in [6.45, 7) is 5.30. The Morgan fingerprint density at radius 2 is 1.26 bits per heavy atom. The first-order valence-electron chi connectivity index (χ1n) is 11.6. The standard InChI is InChI=1S/C24H34N2O9/c1-4-32-20(27)14-12-18(26-24(31)35-16-17-10-8-7-9-11-17)22(29)25-19(23(30)34-6-3)13-15-21(28)33-5-2/h7-11,18-19H,4-6,12-16H2,1-3H3,(H,25,29)(H,26,31)/t18-,19-/m0/s1. The monoisotopic (exact) mass is 494 g/mol. The summed E-state index contributed by atoms with van der Waals surface area (Å²) in [5.74, 6) is -2.56. The molecule has 11 heteroatoms. The molecule has 0 unspecified atom stereocenters. The van der Waals surface area contributed by atoms with Crippen LogP contribution in [0.15, 0.2) is 30.3 Å². The molecule has 0 fully saturated rings. The summed E-state index contributed by atoms with van der Waals surface area (Å²) < 4.78 is 19.9. The van der Waals surface area contributed by atoms with Crippen molar-refractivity contribution in [3.63, 3.8) is 0 Å². The van der Waals surface area contributed by atoms with Crippen LogP contribution >= 0.6 is 0 Å². The van der Waals surface area contributed by atoms with E-state index in [-0.39, 0.29) is 52.1 Å². The molecular weight excluding hydrogens is 460 g/mol. The Morgan fingerprint density at radius 1 is 0.714 bits per heavy atom. The lowest BCUT2D eigenvalue weighted by molar-refractivity contribution is -0.149. The second-order valence-corrected chi connectivity index (χ2v) is 7.26. The highest BCUT2D eigenvalue weighted by Crippen LogP contribution is 2.07. The van der Waals surface area contributed by atoms with Crippen LogP contribution < -0.4 is 10.6 Å². The molecule has 2 N–H and O–H groups in total. The van der Waals surface area contributed by atoms with Gasteiger partial charge >= 0.3 is 24.0 Å². The molecule has 0 spiro atoms. The molecule has 35 heavy (non-hydrogen) atoms. The van der Waals surface area contributed by atoms with Gasteiger partial charge in [0.1, 0.15) is 18.7 Å². The fourth-order valence-corrected chi connectivity index (χ4v) is 2.93. The summed E-state index contributed by atoms with van der Waals surface area (Å²) in [5.41, 5.74) is 0.747. The molecule has 0 saturated heterocycles. The Labute approximate surface area is 204 Å². The summed E-state index contributed by atoms with van der Waals surface area (Å²) in [5, 5.41) is 4.91. The Kier molecular flexibility index (Phi) is 14.2. The molecule has 1 aromatic rings. The van der Waals surface area contributed by atoms with E-state index in [4.69, 9.17) is 18.9 Å². The van der Waals surface area contributed by atoms with Crippen molar-refractivity contribution in [1.82, 2.24) is 10.6 Å². The number of benzene rings is 1. The van der Waals surface area contributed by atoms with E-state index in [2.05, 4.69) is 10.6 Å². The molecule has 0 aliphatic carbocycles. The summed E-state index contributed by atoms with van der Waals surface area (Å²) in [6.07, 6.45) is -1.32. The van der Waals surface area contributed by atoms with Crippen LogP contribution in [0.5, 0.6) is 0 Å². The van der Waals surface area contributed by atoms with Gasteiger partial charge in [-0.05, 0) is 39.2 Å². The lowest BCUT2D eigenvalue weighted by atomic mass is 10.1. The van der Waals surface area contributed by atoms with Gasteiger partial charge in [-0.15, -0.1) is 0 Å². The van der Waals surface area contributed by atoms with Crippen LogP contribution in [0.25, 0.3) is 0 Å². The van der Waals surface area contributed by atoms with Gasteiger partial charge in [0.05, 0.1) is 19.8 Å². The third-order valence-corrected chi connectivity index (χ3v) is 4.59. The number of rotatable bonds is 15.